The summed E-state index contributed by atoms with van der Waals surface area (Å²) >= 11 is 0. The van der Waals surface area contributed by atoms with Crippen LogP contribution in [0.5, 0.6) is 0 Å². The molecule has 2 aliphatic rings. The fraction of sp³-hybridized carbons (Fsp3) is 1.00. The highest BCUT2D eigenvalue weighted by molar-refractivity contribution is 4.80. The van der Waals surface area contributed by atoms with Crippen LogP contribution in [0, 0.1) is 0 Å². The van der Waals surface area contributed by atoms with E-state index in [4.69, 9.17) is 0 Å². The van der Waals surface area contributed by atoms with E-state index in [1.165, 1.54) is 77.2 Å². The normalized spacial score (nSPS) is 25.4. The Kier molecular flexibility index (Phi) is 6.66. The van der Waals surface area contributed by atoms with Crippen LogP contribution in [0.15, 0.2) is 0 Å². The molecule has 0 saturated heterocycles. The predicted molar refractivity (Wildman–Crippen MR) is 83.6 cm³/mol. The molecular weight excluding hydrogens is 232 g/mol. The first-order valence-corrected chi connectivity index (χ1v) is 8.72. The fourth-order valence-corrected chi connectivity index (χ4v) is 3.81. The summed E-state index contributed by atoms with van der Waals surface area (Å²) in [6.45, 7) is 3.58. The minimum absolute atomic E-state index is 0.685. The van der Waals surface area contributed by atoms with Crippen LogP contribution in [-0.4, -0.2) is 36.6 Å². The summed E-state index contributed by atoms with van der Waals surface area (Å²) in [6, 6.07) is 2.33. The van der Waals surface area contributed by atoms with Crippen LogP contribution in [0.25, 0.3) is 0 Å². The van der Waals surface area contributed by atoms with Gasteiger partial charge in [-0.05, 0) is 39.7 Å². The zero-order valence-electron chi connectivity index (χ0n) is 13.2. The summed E-state index contributed by atoms with van der Waals surface area (Å²) in [5, 5.41) is 3.82. The first kappa shape index (κ1) is 15.3. The molecule has 112 valence electrons. The second-order valence-electron chi connectivity index (χ2n) is 6.90. The molecule has 2 aliphatic carbocycles. The summed E-state index contributed by atoms with van der Waals surface area (Å²) in [5.41, 5.74) is 0. The molecule has 0 heterocycles. The lowest BCUT2D eigenvalue weighted by Gasteiger charge is -2.34. The standard InChI is InChI=1S/C17H34N2/c1-15(14-18-16-10-6-5-7-11-16)19(2)17-12-8-3-4-9-13-17/h15-18H,3-14H2,1-2H3. The Hall–Kier alpha value is -0.0800. The minimum Gasteiger partial charge on any atom is -0.312 e. The summed E-state index contributed by atoms with van der Waals surface area (Å²) in [5.74, 6) is 0. The second kappa shape index (κ2) is 8.26. The highest BCUT2D eigenvalue weighted by Gasteiger charge is 2.22. The average molecular weight is 266 g/mol. The molecule has 0 aromatic heterocycles. The lowest BCUT2D eigenvalue weighted by Crippen LogP contribution is -2.46. The van der Waals surface area contributed by atoms with E-state index in [0.29, 0.717) is 6.04 Å². The number of nitrogens with one attached hydrogen (secondary N) is 1. The van der Waals surface area contributed by atoms with Crippen molar-refractivity contribution in [3.05, 3.63) is 0 Å². The van der Waals surface area contributed by atoms with Crippen molar-refractivity contribution >= 4 is 0 Å². The zero-order valence-corrected chi connectivity index (χ0v) is 13.2. The van der Waals surface area contributed by atoms with Gasteiger partial charge < -0.3 is 5.32 Å². The Morgan fingerprint density at radius 1 is 0.895 bits per heavy atom. The number of rotatable bonds is 5. The summed E-state index contributed by atoms with van der Waals surface area (Å²) < 4.78 is 0. The van der Waals surface area contributed by atoms with Crippen molar-refractivity contribution in [1.29, 1.82) is 0 Å². The SMILES string of the molecule is CC(CNC1CCCCC1)N(C)C1CCCCCC1. The predicted octanol–water partition coefficient (Wildman–Crippen LogP) is 3.95. The molecule has 0 radical (unpaired) electrons. The molecule has 2 saturated carbocycles. The summed E-state index contributed by atoms with van der Waals surface area (Å²) in [6.07, 6.45) is 15.8. The number of likely N-dealkylation sites (N-methyl/N-ethyl adjacent to an activating group) is 1. The van der Waals surface area contributed by atoms with E-state index in [-0.39, 0.29) is 0 Å². The molecule has 0 aromatic carbocycles. The van der Waals surface area contributed by atoms with Crippen LogP contribution in [0.3, 0.4) is 0 Å². The van der Waals surface area contributed by atoms with Crippen LogP contribution in [-0.2, 0) is 0 Å². The molecule has 2 fully saturated rings. The number of hydrogen-bond donors (Lipinski definition) is 1. The van der Waals surface area contributed by atoms with E-state index in [1.54, 1.807) is 0 Å². The summed E-state index contributed by atoms with van der Waals surface area (Å²) in [7, 11) is 2.35. The van der Waals surface area contributed by atoms with E-state index in [9.17, 15) is 0 Å². The second-order valence-corrected chi connectivity index (χ2v) is 6.90. The molecule has 1 unspecified atom stereocenters. The van der Waals surface area contributed by atoms with Crippen molar-refractivity contribution in [1.82, 2.24) is 10.2 Å². The molecule has 1 atom stereocenters. The molecule has 2 rings (SSSR count). The van der Waals surface area contributed by atoms with E-state index in [2.05, 4.69) is 24.2 Å². The van der Waals surface area contributed by atoms with Gasteiger partial charge in [-0.3, -0.25) is 4.90 Å². The maximum Gasteiger partial charge on any atom is 0.0192 e. The van der Waals surface area contributed by atoms with Crippen LogP contribution in [0.1, 0.15) is 77.6 Å². The molecule has 2 heteroatoms. The molecule has 0 aliphatic heterocycles. The zero-order chi connectivity index (χ0) is 13.5. The van der Waals surface area contributed by atoms with Gasteiger partial charge in [-0.2, -0.15) is 0 Å². The van der Waals surface area contributed by atoms with Gasteiger partial charge in [0.1, 0.15) is 0 Å². The number of hydrogen-bond acceptors (Lipinski definition) is 2. The Labute approximate surface area is 120 Å². The van der Waals surface area contributed by atoms with E-state index >= 15 is 0 Å². The Bertz CT molecular complexity index is 227. The maximum absolute atomic E-state index is 3.82. The van der Waals surface area contributed by atoms with Crippen molar-refractivity contribution in [2.75, 3.05) is 13.6 Å². The van der Waals surface area contributed by atoms with Crippen molar-refractivity contribution in [3.63, 3.8) is 0 Å². The van der Waals surface area contributed by atoms with E-state index in [1.807, 2.05) is 0 Å². The van der Waals surface area contributed by atoms with Gasteiger partial charge in [-0.25, -0.2) is 0 Å². The quantitative estimate of drug-likeness (QED) is 0.758. The molecule has 19 heavy (non-hydrogen) atoms. The largest absolute Gasteiger partial charge is 0.312 e. The molecule has 2 nitrogen and oxygen atoms in total. The average Bonchev–Trinajstić information content (AvgIpc) is 2.74. The molecule has 0 spiro atoms. The molecule has 0 bridgehead atoms. The van der Waals surface area contributed by atoms with Gasteiger partial charge in [0.2, 0.25) is 0 Å². The third kappa shape index (κ3) is 5.07. The first-order valence-electron chi connectivity index (χ1n) is 8.72. The monoisotopic (exact) mass is 266 g/mol. The van der Waals surface area contributed by atoms with Crippen molar-refractivity contribution < 1.29 is 0 Å². The summed E-state index contributed by atoms with van der Waals surface area (Å²) in [4.78, 5) is 2.65. The highest BCUT2D eigenvalue weighted by atomic mass is 15.2. The molecule has 0 aromatic rings. The Morgan fingerprint density at radius 2 is 1.42 bits per heavy atom. The lowest BCUT2D eigenvalue weighted by atomic mass is 9.95. The highest BCUT2D eigenvalue weighted by Crippen LogP contribution is 2.22. The van der Waals surface area contributed by atoms with Crippen LogP contribution in [0.4, 0.5) is 0 Å². The van der Waals surface area contributed by atoms with Crippen molar-refractivity contribution in [2.24, 2.45) is 0 Å². The van der Waals surface area contributed by atoms with Gasteiger partial charge in [0, 0.05) is 24.7 Å². The first-order chi connectivity index (χ1) is 9.27. The Morgan fingerprint density at radius 3 is 2.05 bits per heavy atom. The van der Waals surface area contributed by atoms with Gasteiger partial charge in [-0.1, -0.05) is 44.9 Å². The molecular formula is C17H34N2. The third-order valence-corrected chi connectivity index (χ3v) is 5.40. The fourth-order valence-electron chi connectivity index (χ4n) is 3.81. The van der Waals surface area contributed by atoms with Gasteiger partial charge >= 0.3 is 0 Å². The van der Waals surface area contributed by atoms with Crippen molar-refractivity contribution in [3.8, 4) is 0 Å². The Balaban J connectivity index is 1.69. The lowest BCUT2D eigenvalue weighted by molar-refractivity contribution is 0.160. The smallest absolute Gasteiger partial charge is 0.0192 e. The maximum atomic E-state index is 3.82. The van der Waals surface area contributed by atoms with Crippen LogP contribution >= 0.6 is 0 Å². The van der Waals surface area contributed by atoms with E-state index in [0.717, 1.165) is 12.1 Å². The van der Waals surface area contributed by atoms with Crippen LogP contribution in [0.2, 0.25) is 0 Å². The van der Waals surface area contributed by atoms with Gasteiger partial charge in [-0.15, -0.1) is 0 Å². The third-order valence-electron chi connectivity index (χ3n) is 5.40. The number of nitrogens with zero attached hydrogens (tertiary/aromatic N) is 1. The molecule has 0 amide bonds. The minimum atomic E-state index is 0.685. The van der Waals surface area contributed by atoms with Gasteiger partial charge in [0.25, 0.3) is 0 Å². The van der Waals surface area contributed by atoms with Gasteiger partial charge in [0.15, 0.2) is 0 Å². The van der Waals surface area contributed by atoms with E-state index < -0.39 is 0 Å². The van der Waals surface area contributed by atoms with Crippen molar-refractivity contribution in [2.45, 2.75) is 95.7 Å². The van der Waals surface area contributed by atoms with Gasteiger partial charge in [0.05, 0.1) is 0 Å². The topological polar surface area (TPSA) is 15.3 Å². The molecule has 1 N–H and O–H groups in total. The van der Waals surface area contributed by atoms with Crippen LogP contribution < -0.4 is 5.32 Å².